The molecule has 0 aliphatic heterocycles. The van der Waals surface area contributed by atoms with Crippen molar-refractivity contribution >= 4 is 29.1 Å². The van der Waals surface area contributed by atoms with Crippen molar-refractivity contribution in [1.29, 1.82) is 0 Å². The molecule has 0 spiro atoms. The fourth-order valence-corrected chi connectivity index (χ4v) is 6.47. The number of pyridine rings is 1. The molecular weight excluding hydrogens is 617 g/mol. The van der Waals surface area contributed by atoms with Crippen molar-refractivity contribution in [2.45, 2.75) is 68.6 Å². The van der Waals surface area contributed by atoms with Gasteiger partial charge < -0.3 is 10.1 Å². The number of hydrogen-bond acceptors (Lipinski definition) is 6. The number of nitrogens with one attached hydrogen (secondary N) is 1. The van der Waals surface area contributed by atoms with Crippen LogP contribution >= 0.6 is 11.8 Å². The Morgan fingerprint density at radius 3 is 2.44 bits per heavy atom. The van der Waals surface area contributed by atoms with Gasteiger partial charge in [-0.2, -0.15) is 5.10 Å². The summed E-state index contributed by atoms with van der Waals surface area (Å²) in [5, 5.41) is 16.8. The molecule has 7 rings (SSSR count). The average molecular weight is 657 g/mol. The van der Waals surface area contributed by atoms with Crippen molar-refractivity contribution < 1.29 is 9.53 Å². The number of amides is 1. The summed E-state index contributed by atoms with van der Waals surface area (Å²) < 4.78 is 9.92. The molecule has 3 aromatic heterocycles. The number of carbonyl (C=O) groups is 1. The van der Waals surface area contributed by atoms with Crippen LogP contribution in [0.3, 0.4) is 0 Å². The molecule has 1 saturated carbocycles. The second-order valence-electron chi connectivity index (χ2n) is 13.6. The Morgan fingerprint density at radius 1 is 0.938 bits per heavy atom. The van der Waals surface area contributed by atoms with E-state index in [1.807, 2.05) is 81.9 Å². The Kier molecular flexibility index (Phi) is 8.79. The van der Waals surface area contributed by atoms with Gasteiger partial charge in [0, 0.05) is 33.0 Å². The Bertz CT molecular complexity index is 2050. The molecule has 0 saturated heterocycles. The predicted molar refractivity (Wildman–Crippen MR) is 191 cm³/mol. The molecule has 0 atom stereocenters. The third-order valence-corrected chi connectivity index (χ3v) is 9.71. The molecule has 244 valence electrons. The van der Waals surface area contributed by atoms with Crippen molar-refractivity contribution in [3.63, 3.8) is 0 Å². The van der Waals surface area contributed by atoms with Crippen LogP contribution in [0.4, 0.5) is 5.82 Å². The van der Waals surface area contributed by atoms with Crippen molar-refractivity contribution in [3.05, 3.63) is 114 Å². The van der Waals surface area contributed by atoms with Gasteiger partial charge >= 0.3 is 0 Å². The highest BCUT2D eigenvalue weighted by molar-refractivity contribution is 7.99. The highest BCUT2D eigenvalue weighted by atomic mass is 32.2. The zero-order valence-electron chi connectivity index (χ0n) is 27.8. The van der Waals surface area contributed by atoms with E-state index in [0.29, 0.717) is 11.7 Å². The van der Waals surface area contributed by atoms with Gasteiger partial charge in [-0.3, -0.25) is 9.20 Å². The molecule has 1 amide bonds. The van der Waals surface area contributed by atoms with Gasteiger partial charge in [-0.25, -0.2) is 4.68 Å². The number of hydrogen-bond donors (Lipinski definition) is 1. The predicted octanol–water partition coefficient (Wildman–Crippen LogP) is 8.70. The first-order chi connectivity index (χ1) is 23.2. The molecule has 8 nitrogen and oxygen atoms in total. The summed E-state index contributed by atoms with van der Waals surface area (Å²) in [5.74, 6) is 2.89. The fraction of sp³-hybridized carbons (Fsp3) is 0.282. The van der Waals surface area contributed by atoms with Crippen molar-refractivity contribution in [3.8, 4) is 22.8 Å². The number of rotatable bonds is 10. The quantitative estimate of drug-likeness (QED) is 0.159. The topological polar surface area (TPSA) is 86.3 Å². The Hall–Kier alpha value is -4.89. The first-order valence-electron chi connectivity index (χ1n) is 16.5. The van der Waals surface area contributed by atoms with Gasteiger partial charge in [0.15, 0.2) is 11.5 Å². The summed E-state index contributed by atoms with van der Waals surface area (Å²) in [6.07, 6.45) is 6.15. The molecule has 1 aliphatic rings. The van der Waals surface area contributed by atoms with E-state index in [2.05, 4.69) is 67.6 Å². The van der Waals surface area contributed by atoms with Crippen LogP contribution in [-0.2, 0) is 16.6 Å². The van der Waals surface area contributed by atoms with Crippen LogP contribution in [-0.4, -0.2) is 36.9 Å². The van der Waals surface area contributed by atoms with Crippen molar-refractivity contribution in [2.24, 2.45) is 5.92 Å². The third kappa shape index (κ3) is 7.16. The van der Waals surface area contributed by atoms with E-state index >= 15 is 0 Å². The number of ether oxygens (including phenoxy) is 1. The molecular formula is C39H40N6O2S. The largest absolute Gasteiger partial charge is 0.493 e. The van der Waals surface area contributed by atoms with Crippen molar-refractivity contribution in [1.82, 2.24) is 24.4 Å². The number of aryl methyl sites for hydroxylation is 1. The summed E-state index contributed by atoms with van der Waals surface area (Å²) in [4.78, 5) is 15.4. The van der Waals surface area contributed by atoms with Gasteiger partial charge in [-0.15, -0.1) is 10.2 Å². The van der Waals surface area contributed by atoms with Gasteiger partial charge in [0.1, 0.15) is 11.6 Å². The summed E-state index contributed by atoms with van der Waals surface area (Å²) in [5.41, 5.74) is 5.53. The SMILES string of the molecule is Cc1ccc(-n2nc(C(C)(C)C)cc2NC(=O)Cc2ccc(Sc3ccc4nnc(-c5cccc(OCC6CCC6)c5)n4c3)cc2)cc1. The number of benzene rings is 3. The molecule has 0 bridgehead atoms. The maximum atomic E-state index is 13.2. The summed E-state index contributed by atoms with van der Waals surface area (Å²) in [6, 6.07) is 30.4. The van der Waals surface area contributed by atoms with Gasteiger partial charge in [-0.05, 0) is 79.8 Å². The number of nitrogens with zero attached hydrogens (tertiary/aromatic N) is 5. The number of fused-ring (bicyclic) bond motifs is 1. The molecule has 1 fully saturated rings. The molecule has 48 heavy (non-hydrogen) atoms. The third-order valence-electron chi connectivity index (χ3n) is 8.73. The van der Waals surface area contributed by atoms with Crippen LogP contribution in [0.5, 0.6) is 5.75 Å². The lowest BCUT2D eigenvalue weighted by molar-refractivity contribution is -0.115. The summed E-state index contributed by atoms with van der Waals surface area (Å²) in [6.45, 7) is 9.18. The molecule has 9 heteroatoms. The van der Waals surface area contributed by atoms with Crippen LogP contribution in [0, 0.1) is 12.8 Å². The maximum Gasteiger partial charge on any atom is 0.229 e. The Balaban J connectivity index is 1.02. The minimum absolute atomic E-state index is 0.0905. The lowest BCUT2D eigenvalue weighted by Crippen LogP contribution is -2.19. The van der Waals surface area contributed by atoms with Crippen LogP contribution < -0.4 is 10.1 Å². The minimum atomic E-state index is -0.155. The molecule has 1 N–H and O–H groups in total. The second-order valence-corrected chi connectivity index (χ2v) is 14.8. The molecule has 3 heterocycles. The highest BCUT2D eigenvalue weighted by Gasteiger charge is 2.22. The molecule has 6 aromatic rings. The maximum absolute atomic E-state index is 13.2. The van der Waals surface area contributed by atoms with E-state index in [1.165, 1.54) is 24.8 Å². The smallest absolute Gasteiger partial charge is 0.229 e. The fourth-order valence-electron chi connectivity index (χ4n) is 5.63. The molecule has 1 aliphatic carbocycles. The summed E-state index contributed by atoms with van der Waals surface area (Å²) >= 11 is 1.66. The van der Waals surface area contributed by atoms with E-state index in [1.54, 1.807) is 11.8 Å². The minimum Gasteiger partial charge on any atom is -0.493 e. The van der Waals surface area contributed by atoms with E-state index in [9.17, 15) is 4.79 Å². The van der Waals surface area contributed by atoms with Crippen molar-refractivity contribution in [2.75, 3.05) is 11.9 Å². The van der Waals surface area contributed by atoms with E-state index in [-0.39, 0.29) is 17.7 Å². The standard InChI is InChI=1S/C39H40N6O2S/c1-26-11-15-30(16-12-26)45-36(23-34(43-45)39(2,3)4)40-37(46)21-27-13-17-32(18-14-27)48-33-19-20-35-41-42-38(44(35)24-33)29-9-6-10-31(22-29)47-25-28-7-5-8-28/h6,9-20,22-24,28H,5,7-8,21,25H2,1-4H3,(H,40,46). The number of aromatic nitrogens is 5. The van der Waals surface area contributed by atoms with E-state index in [0.717, 1.165) is 56.1 Å². The zero-order valence-corrected chi connectivity index (χ0v) is 28.6. The zero-order chi connectivity index (χ0) is 33.3. The normalized spacial score (nSPS) is 13.4. The van der Waals surface area contributed by atoms with Crippen LogP contribution in [0.1, 0.15) is 56.9 Å². The second kappa shape index (κ2) is 13.3. The lowest BCUT2D eigenvalue weighted by Gasteiger charge is -2.25. The van der Waals surface area contributed by atoms with E-state index in [4.69, 9.17) is 9.84 Å². The van der Waals surface area contributed by atoms with Gasteiger partial charge in [0.25, 0.3) is 0 Å². The van der Waals surface area contributed by atoms with Crippen LogP contribution in [0.15, 0.2) is 107 Å². The first kappa shape index (κ1) is 31.7. The molecule has 0 radical (unpaired) electrons. The molecule has 0 unspecified atom stereocenters. The average Bonchev–Trinajstić information content (AvgIpc) is 3.66. The van der Waals surface area contributed by atoms with Gasteiger partial charge in [0.2, 0.25) is 5.91 Å². The Labute approximate surface area is 285 Å². The monoisotopic (exact) mass is 656 g/mol. The first-order valence-corrected chi connectivity index (χ1v) is 17.3. The van der Waals surface area contributed by atoms with Crippen LogP contribution in [0.2, 0.25) is 0 Å². The van der Waals surface area contributed by atoms with E-state index < -0.39 is 0 Å². The van der Waals surface area contributed by atoms with Gasteiger partial charge in [0.05, 0.1) is 24.4 Å². The summed E-state index contributed by atoms with van der Waals surface area (Å²) in [7, 11) is 0. The van der Waals surface area contributed by atoms with Crippen LogP contribution in [0.25, 0.3) is 22.7 Å². The highest BCUT2D eigenvalue weighted by Crippen LogP contribution is 2.32. The van der Waals surface area contributed by atoms with Gasteiger partial charge in [-0.1, -0.05) is 80.9 Å². The number of anilines is 1. The molecule has 3 aromatic carbocycles. The lowest BCUT2D eigenvalue weighted by atomic mass is 9.86. The number of carbonyl (C=O) groups excluding carboxylic acids is 1. The Morgan fingerprint density at radius 2 is 1.71 bits per heavy atom.